The van der Waals surface area contributed by atoms with Gasteiger partial charge >= 0.3 is 0 Å². The minimum atomic E-state index is 1.02. The van der Waals surface area contributed by atoms with Crippen molar-refractivity contribution >= 4 is 6.21 Å². The first-order chi connectivity index (χ1) is 4.79. The Kier molecular flexibility index (Phi) is 2.49. The summed E-state index contributed by atoms with van der Waals surface area (Å²) in [4.78, 5) is 0. The number of allylic oxidation sites excluding steroid dienone is 1. The Morgan fingerprint density at radius 3 is 2.60 bits per heavy atom. The maximum atomic E-state index is 4.23. The molecule has 0 N–H and O–H groups in total. The summed E-state index contributed by atoms with van der Waals surface area (Å²) >= 11 is 0. The van der Waals surface area contributed by atoms with Crippen molar-refractivity contribution in [1.82, 2.24) is 5.01 Å². The first-order valence-electron chi connectivity index (χ1n) is 3.73. The number of rotatable bonds is 2. The maximum Gasteiger partial charge on any atom is 0.0493 e. The Hall–Kier alpha value is -0.790. The van der Waals surface area contributed by atoms with Gasteiger partial charge in [0.05, 0.1) is 0 Å². The van der Waals surface area contributed by atoms with Gasteiger partial charge in [-0.1, -0.05) is 6.58 Å². The fraction of sp³-hybridized carbons (Fsp3) is 0.625. The van der Waals surface area contributed by atoms with Crippen LogP contribution in [-0.2, 0) is 0 Å². The summed E-state index contributed by atoms with van der Waals surface area (Å²) in [6.07, 6.45) is 4.40. The standard InChI is InChI=1S/C8H14N2/c1-8(2)7-9-10-5-3-4-6-10/h7H,1,3-6H2,2H3/b9-7+. The molecule has 0 saturated carbocycles. The molecular formula is C8H14N2. The van der Waals surface area contributed by atoms with E-state index in [1.165, 1.54) is 12.8 Å². The Bertz CT molecular complexity index is 143. The van der Waals surface area contributed by atoms with E-state index in [-0.39, 0.29) is 0 Å². The van der Waals surface area contributed by atoms with E-state index >= 15 is 0 Å². The molecule has 0 radical (unpaired) electrons. The Morgan fingerprint density at radius 1 is 1.50 bits per heavy atom. The second kappa shape index (κ2) is 3.40. The predicted molar refractivity (Wildman–Crippen MR) is 44.1 cm³/mol. The SMILES string of the molecule is C=C(C)/C=N/N1CCCC1. The smallest absolute Gasteiger partial charge is 0.0493 e. The third kappa shape index (κ3) is 2.21. The molecule has 1 fully saturated rings. The lowest BCUT2D eigenvalue weighted by molar-refractivity contribution is 0.362. The molecule has 2 heteroatoms. The summed E-state index contributed by atoms with van der Waals surface area (Å²) in [5.74, 6) is 0. The molecule has 0 aromatic rings. The lowest BCUT2D eigenvalue weighted by Crippen LogP contribution is -2.11. The van der Waals surface area contributed by atoms with Crippen LogP contribution in [0.25, 0.3) is 0 Å². The van der Waals surface area contributed by atoms with Gasteiger partial charge in [0.2, 0.25) is 0 Å². The van der Waals surface area contributed by atoms with Crippen LogP contribution >= 0.6 is 0 Å². The molecule has 1 saturated heterocycles. The summed E-state index contributed by atoms with van der Waals surface area (Å²) in [7, 11) is 0. The van der Waals surface area contributed by atoms with Gasteiger partial charge in [-0.3, -0.25) is 5.01 Å². The molecule has 0 atom stereocenters. The molecule has 1 aliphatic heterocycles. The Morgan fingerprint density at radius 2 is 2.10 bits per heavy atom. The van der Waals surface area contributed by atoms with E-state index in [2.05, 4.69) is 16.7 Å². The first-order valence-corrected chi connectivity index (χ1v) is 3.73. The fourth-order valence-electron chi connectivity index (χ4n) is 0.996. The van der Waals surface area contributed by atoms with Crippen LogP contribution < -0.4 is 0 Å². The number of hydrogen-bond acceptors (Lipinski definition) is 2. The van der Waals surface area contributed by atoms with Crippen molar-refractivity contribution in [3.8, 4) is 0 Å². The van der Waals surface area contributed by atoms with Crippen molar-refractivity contribution in [3.63, 3.8) is 0 Å². The molecule has 0 bridgehead atoms. The lowest BCUT2D eigenvalue weighted by Gasteiger charge is -2.08. The number of nitrogens with zero attached hydrogens (tertiary/aromatic N) is 2. The monoisotopic (exact) mass is 138 g/mol. The second-order valence-electron chi connectivity index (χ2n) is 2.75. The topological polar surface area (TPSA) is 15.6 Å². The zero-order chi connectivity index (χ0) is 7.40. The molecule has 1 heterocycles. The fourth-order valence-corrected chi connectivity index (χ4v) is 0.996. The molecule has 0 aromatic carbocycles. The van der Waals surface area contributed by atoms with E-state index in [4.69, 9.17) is 0 Å². The second-order valence-corrected chi connectivity index (χ2v) is 2.75. The van der Waals surface area contributed by atoms with Crippen LogP contribution in [-0.4, -0.2) is 24.3 Å². The van der Waals surface area contributed by atoms with Crippen molar-refractivity contribution < 1.29 is 0 Å². The molecule has 0 amide bonds. The van der Waals surface area contributed by atoms with Gasteiger partial charge in [0, 0.05) is 19.3 Å². The normalized spacial score (nSPS) is 18.7. The van der Waals surface area contributed by atoms with Gasteiger partial charge < -0.3 is 0 Å². The van der Waals surface area contributed by atoms with Crippen LogP contribution in [0.3, 0.4) is 0 Å². The van der Waals surface area contributed by atoms with Crippen LogP contribution in [0, 0.1) is 0 Å². The van der Waals surface area contributed by atoms with E-state index in [1.807, 2.05) is 13.1 Å². The minimum absolute atomic E-state index is 1.02. The molecule has 1 aliphatic rings. The van der Waals surface area contributed by atoms with Gasteiger partial charge in [-0.05, 0) is 25.3 Å². The van der Waals surface area contributed by atoms with Crippen molar-refractivity contribution in [2.75, 3.05) is 13.1 Å². The van der Waals surface area contributed by atoms with Crippen LogP contribution in [0.15, 0.2) is 17.3 Å². The third-order valence-corrected chi connectivity index (χ3v) is 1.52. The average molecular weight is 138 g/mol. The number of hydrogen-bond donors (Lipinski definition) is 0. The third-order valence-electron chi connectivity index (χ3n) is 1.52. The van der Waals surface area contributed by atoms with Gasteiger partial charge in [0.1, 0.15) is 0 Å². The molecule has 0 unspecified atom stereocenters. The zero-order valence-corrected chi connectivity index (χ0v) is 6.51. The van der Waals surface area contributed by atoms with Crippen LogP contribution in [0.2, 0.25) is 0 Å². The highest BCUT2D eigenvalue weighted by molar-refractivity contribution is 5.76. The highest BCUT2D eigenvalue weighted by Gasteiger charge is 2.06. The summed E-state index contributed by atoms with van der Waals surface area (Å²) in [5, 5.41) is 6.32. The summed E-state index contributed by atoms with van der Waals surface area (Å²) in [6.45, 7) is 7.93. The maximum absolute atomic E-state index is 4.23. The van der Waals surface area contributed by atoms with Crippen LogP contribution in [0.1, 0.15) is 19.8 Å². The van der Waals surface area contributed by atoms with Crippen molar-refractivity contribution in [2.45, 2.75) is 19.8 Å². The van der Waals surface area contributed by atoms with Crippen molar-refractivity contribution in [1.29, 1.82) is 0 Å². The molecule has 56 valence electrons. The molecule has 0 aliphatic carbocycles. The van der Waals surface area contributed by atoms with Gasteiger partial charge in [-0.25, -0.2) is 0 Å². The van der Waals surface area contributed by atoms with E-state index in [0.29, 0.717) is 0 Å². The summed E-state index contributed by atoms with van der Waals surface area (Å²) in [5.41, 5.74) is 1.02. The molecular weight excluding hydrogens is 124 g/mol. The lowest BCUT2D eigenvalue weighted by atomic mass is 10.4. The van der Waals surface area contributed by atoms with E-state index < -0.39 is 0 Å². The number of hydrazone groups is 1. The molecule has 10 heavy (non-hydrogen) atoms. The van der Waals surface area contributed by atoms with Crippen LogP contribution in [0.4, 0.5) is 0 Å². The Labute approximate surface area is 62.2 Å². The van der Waals surface area contributed by atoms with Crippen molar-refractivity contribution in [2.24, 2.45) is 5.10 Å². The van der Waals surface area contributed by atoms with Gasteiger partial charge in [0.15, 0.2) is 0 Å². The largest absolute Gasteiger partial charge is 0.297 e. The van der Waals surface area contributed by atoms with Crippen molar-refractivity contribution in [3.05, 3.63) is 12.2 Å². The van der Waals surface area contributed by atoms with Crippen LogP contribution in [0.5, 0.6) is 0 Å². The van der Waals surface area contributed by atoms with Gasteiger partial charge in [-0.2, -0.15) is 5.10 Å². The minimum Gasteiger partial charge on any atom is -0.297 e. The van der Waals surface area contributed by atoms with Gasteiger partial charge in [0.25, 0.3) is 0 Å². The molecule has 0 spiro atoms. The van der Waals surface area contributed by atoms with E-state index in [9.17, 15) is 0 Å². The quantitative estimate of drug-likeness (QED) is 0.530. The summed E-state index contributed by atoms with van der Waals surface area (Å²) in [6, 6.07) is 0. The molecule has 1 rings (SSSR count). The average Bonchev–Trinajstić information content (AvgIpc) is 2.34. The first kappa shape index (κ1) is 7.32. The van der Waals surface area contributed by atoms with Gasteiger partial charge in [-0.15, -0.1) is 0 Å². The van der Waals surface area contributed by atoms with E-state index in [1.54, 1.807) is 0 Å². The summed E-state index contributed by atoms with van der Waals surface area (Å²) < 4.78 is 0. The Balaban J connectivity index is 2.29. The molecule has 2 nitrogen and oxygen atoms in total. The highest BCUT2D eigenvalue weighted by Crippen LogP contribution is 2.06. The highest BCUT2D eigenvalue weighted by atomic mass is 15.5. The predicted octanol–water partition coefficient (Wildman–Crippen LogP) is 1.64. The molecule has 0 aromatic heterocycles. The zero-order valence-electron chi connectivity index (χ0n) is 6.51. The van der Waals surface area contributed by atoms with E-state index in [0.717, 1.165) is 18.7 Å².